The third-order valence-electron chi connectivity index (χ3n) is 9.14. The van der Waals surface area contributed by atoms with Gasteiger partial charge in [-0.2, -0.15) is 0 Å². The summed E-state index contributed by atoms with van der Waals surface area (Å²) in [5.41, 5.74) is 6.27. The second-order valence-corrected chi connectivity index (χ2v) is 12.5. The van der Waals surface area contributed by atoms with Gasteiger partial charge in [-0.25, -0.2) is 0 Å². The predicted molar refractivity (Wildman–Crippen MR) is 181 cm³/mol. The van der Waals surface area contributed by atoms with Crippen molar-refractivity contribution in [3.05, 3.63) is 70.8 Å². The van der Waals surface area contributed by atoms with Crippen LogP contribution in [0.5, 0.6) is 0 Å². The van der Waals surface area contributed by atoms with E-state index in [1.807, 2.05) is 0 Å². The molecule has 0 heterocycles. The zero-order valence-corrected chi connectivity index (χ0v) is 27.0. The van der Waals surface area contributed by atoms with E-state index in [0.29, 0.717) is 0 Å². The molecule has 0 spiro atoms. The molecular formula is C40H66. The first-order valence-corrected chi connectivity index (χ1v) is 18.0. The van der Waals surface area contributed by atoms with E-state index in [4.69, 9.17) is 0 Å². The summed E-state index contributed by atoms with van der Waals surface area (Å²) < 4.78 is 0. The van der Waals surface area contributed by atoms with E-state index in [9.17, 15) is 0 Å². The Morgan fingerprint density at radius 3 is 0.700 bits per heavy atom. The number of hydrogen-bond donors (Lipinski definition) is 0. The minimum Gasteiger partial charge on any atom is -0.0620 e. The predicted octanol–water partition coefficient (Wildman–Crippen LogP) is 13.2. The molecule has 0 aliphatic rings. The van der Waals surface area contributed by atoms with Gasteiger partial charge in [0.2, 0.25) is 0 Å². The third kappa shape index (κ3) is 17.3. The Labute approximate surface area is 251 Å². The summed E-state index contributed by atoms with van der Waals surface area (Å²) in [5.74, 6) is 0. The SMILES string of the molecule is CCc1ccccc1CCCCCCCCCCCCCCCCCCCCCCCCc1ccccc1CC. The Kier molecular flexibility index (Phi) is 21.8. The monoisotopic (exact) mass is 547 g/mol. The molecule has 0 aliphatic heterocycles. The van der Waals surface area contributed by atoms with Gasteiger partial charge in [-0.3, -0.25) is 0 Å². The van der Waals surface area contributed by atoms with E-state index in [2.05, 4.69) is 62.4 Å². The van der Waals surface area contributed by atoms with Gasteiger partial charge in [-0.05, 0) is 60.8 Å². The molecule has 0 unspecified atom stereocenters. The summed E-state index contributed by atoms with van der Waals surface area (Å²) >= 11 is 0. The number of unbranched alkanes of at least 4 members (excludes halogenated alkanes) is 21. The lowest BCUT2D eigenvalue weighted by atomic mass is 9.99. The molecule has 226 valence electrons. The molecule has 0 saturated carbocycles. The van der Waals surface area contributed by atoms with E-state index in [1.54, 1.807) is 22.3 Å². The number of aryl methyl sites for hydroxylation is 4. The summed E-state index contributed by atoms with van der Waals surface area (Å²) in [4.78, 5) is 0. The van der Waals surface area contributed by atoms with Crippen molar-refractivity contribution in [3.63, 3.8) is 0 Å². The van der Waals surface area contributed by atoms with E-state index in [-0.39, 0.29) is 0 Å². The average molecular weight is 547 g/mol. The van der Waals surface area contributed by atoms with Gasteiger partial charge < -0.3 is 0 Å². The van der Waals surface area contributed by atoms with E-state index in [0.717, 1.165) is 0 Å². The fourth-order valence-electron chi connectivity index (χ4n) is 6.46. The van der Waals surface area contributed by atoms with E-state index in [1.165, 1.54) is 167 Å². The topological polar surface area (TPSA) is 0 Å². The van der Waals surface area contributed by atoms with Crippen molar-refractivity contribution in [2.75, 3.05) is 0 Å². The van der Waals surface area contributed by atoms with Crippen molar-refractivity contribution in [3.8, 4) is 0 Å². The number of rotatable bonds is 27. The van der Waals surface area contributed by atoms with E-state index < -0.39 is 0 Å². The summed E-state index contributed by atoms with van der Waals surface area (Å²) in [5, 5.41) is 0. The highest BCUT2D eigenvalue weighted by Crippen LogP contribution is 2.18. The van der Waals surface area contributed by atoms with Crippen LogP contribution in [0.15, 0.2) is 48.5 Å². The second-order valence-electron chi connectivity index (χ2n) is 12.5. The zero-order valence-electron chi connectivity index (χ0n) is 27.0. The Bertz CT molecular complexity index is 749. The number of benzene rings is 2. The van der Waals surface area contributed by atoms with Crippen molar-refractivity contribution in [1.29, 1.82) is 0 Å². The van der Waals surface area contributed by atoms with Crippen LogP contribution in [0.3, 0.4) is 0 Å². The minimum absolute atomic E-state index is 1.17. The molecule has 0 aliphatic carbocycles. The maximum absolute atomic E-state index is 2.33. The van der Waals surface area contributed by atoms with Gasteiger partial charge in [0.1, 0.15) is 0 Å². The van der Waals surface area contributed by atoms with E-state index >= 15 is 0 Å². The lowest BCUT2D eigenvalue weighted by molar-refractivity contribution is 0.518. The molecule has 0 heteroatoms. The van der Waals surface area contributed by atoms with Gasteiger partial charge in [0.05, 0.1) is 0 Å². The molecule has 0 fully saturated rings. The molecule has 0 aromatic heterocycles. The molecule has 2 aromatic carbocycles. The first-order chi connectivity index (χ1) is 19.8. The minimum atomic E-state index is 1.17. The largest absolute Gasteiger partial charge is 0.0620 e. The molecular weight excluding hydrogens is 480 g/mol. The van der Waals surface area contributed by atoms with Crippen molar-refractivity contribution < 1.29 is 0 Å². The highest BCUT2D eigenvalue weighted by molar-refractivity contribution is 5.27. The van der Waals surface area contributed by atoms with Crippen LogP contribution in [0.2, 0.25) is 0 Å². The smallest absolute Gasteiger partial charge is 0.0276 e. The second kappa shape index (κ2) is 25.2. The molecule has 2 aromatic rings. The first kappa shape index (κ1) is 34.6. The Morgan fingerprint density at radius 1 is 0.275 bits per heavy atom. The van der Waals surface area contributed by atoms with Crippen LogP contribution in [-0.4, -0.2) is 0 Å². The summed E-state index contributed by atoms with van der Waals surface area (Å²) in [7, 11) is 0. The molecule has 0 nitrogen and oxygen atoms in total. The molecule has 0 radical (unpaired) electrons. The van der Waals surface area contributed by atoms with Crippen molar-refractivity contribution in [2.24, 2.45) is 0 Å². The lowest BCUT2D eigenvalue weighted by Gasteiger charge is -2.07. The average Bonchev–Trinajstić information content (AvgIpc) is 2.99. The van der Waals surface area contributed by atoms with Crippen LogP contribution in [-0.2, 0) is 25.7 Å². The third-order valence-corrected chi connectivity index (χ3v) is 9.14. The summed E-state index contributed by atoms with van der Waals surface area (Å²) in [6.07, 6.45) is 36.8. The highest BCUT2D eigenvalue weighted by Gasteiger charge is 2.01. The maximum Gasteiger partial charge on any atom is -0.0276 e. The fourth-order valence-corrected chi connectivity index (χ4v) is 6.46. The van der Waals surface area contributed by atoms with Crippen LogP contribution in [0.25, 0.3) is 0 Å². The highest BCUT2D eigenvalue weighted by atomic mass is 14.1. The zero-order chi connectivity index (χ0) is 28.4. The van der Waals surface area contributed by atoms with Crippen LogP contribution < -0.4 is 0 Å². The molecule has 0 saturated heterocycles. The molecule has 0 amide bonds. The quantitative estimate of drug-likeness (QED) is 0.0977. The van der Waals surface area contributed by atoms with Gasteiger partial charge in [-0.15, -0.1) is 0 Å². The van der Waals surface area contributed by atoms with Gasteiger partial charge in [0.25, 0.3) is 0 Å². The van der Waals surface area contributed by atoms with Gasteiger partial charge >= 0.3 is 0 Å². The van der Waals surface area contributed by atoms with Gasteiger partial charge in [0, 0.05) is 0 Å². The molecule has 0 bridgehead atoms. The van der Waals surface area contributed by atoms with Crippen LogP contribution in [0.4, 0.5) is 0 Å². The maximum atomic E-state index is 2.33. The summed E-state index contributed by atoms with van der Waals surface area (Å²) in [6, 6.07) is 18.0. The van der Waals surface area contributed by atoms with Crippen LogP contribution in [0.1, 0.15) is 177 Å². The fraction of sp³-hybridized carbons (Fsp3) is 0.700. The normalized spacial score (nSPS) is 11.3. The van der Waals surface area contributed by atoms with Crippen molar-refractivity contribution >= 4 is 0 Å². The first-order valence-electron chi connectivity index (χ1n) is 18.0. The molecule has 40 heavy (non-hydrogen) atoms. The Hall–Kier alpha value is -1.56. The molecule has 0 atom stereocenters. The Morgan fingerprint density at radius 2 is 0.475 bits per heavy atom. The van der Waals surface area contributed by atoms with Crippen molar-refractivity contribution in [2.45, 2.75) is 181 Å². The standard InChI is InChI=1S/C40H66/c1-3-37-31-27-29-35-39(37)33-25-23-21-19-17-15-13-11-9-7-5-6-8-10-12-14-16-18-20-22-24-26-34-40-36-30-28-32-38(40)4-2/h27-32,35-36H,3-26,33-34H2,1-2H3. The van der Waals surface area contributed by atoms with Crippen LogP contribution >= 0.6 is 0 Å². The number of hydrogen-bond acceptors (Lipinski definition) is 0. The van der Waals surface area contributed by atoms with Crippen LogP contribution in [0, 0.1) is 0 Å². The Balaban J connectivity index is 1.22. The van der Waals surface area contributed by atoms with Crippen molar-refractivity contribution in [1.82, 2.24) is 0 Å². The summed E-state index contributed by atoms with van der Waals surface area (Å²) in [6.45, 7) is 4.55. The molecule has 0 N–H and O–H groups in total. The lowest BCUT2D eigenvalue weighted by Crippen LogP contribution is -1.92. The molecule has 2 rings (SSSR count). The van der Waals surface area contributed by atoms with Gasteiger partial charge in [-0.1, -0.05) is 191 Å². The van der Waals surface area contributed by atoms with Gasteiger partial charge in [0.15, 0.2) is 0 Å².